The van der Waals surface area contributed by atoms with E-state index < -0.39 is 22.5 Å². The van der Waals surface area contributed by atoms with Crippen LogP contribution in [0.5, 0.6) is 0 Å². The lowest BCUT2D eigenvalue weighted by Crippen LogP contribution is -2.65. The number of aryl methyl sites for hydroxylation is 1. The highest BCUT2D eigenvalue weighted by Crippen LogP contribution is 2.43. The van der Waals surface area contributed by atoms with Crippen molar-refractivity contribution in [1.29, 1.82) is 0 Å². The zero-order valence-electron chi connectivity index (χ0n) is 21.1. The Morgan fingerprint density at radius 2 is 2.00 bits per heavy atom. The third kappa shape index (κ3) is 5.26. The van der Waals surface area contributed by atoms with Crippen LogP contribution in [0, 0.1) is 0 Å². The molecule has 3 heterocycles. The number of aromatic nitrogens is 2. The maximum Gasteiger partial charge on any atom is 0.271 e. The first-order valence-electron chi connectivity index (χ1n) is 12.4. The Balaban J connectivity index is 1.52. The van der Waals surface area contributed by atoms with Gasteiger partial charge in [-0.2, -0.15) is 0 Å². The molecule has 4 rings (SSSR count). The van der Waals surface area contributed by atoms with Crippen LogP contribution >= 0.6 is 0 Å². The fourth-order valence-corrected chi connectivity index (χ4v) is 5.58. The van der Waals surface area contributed by atoms with Crippen LogP contribution in [0.25, 0.3) is 0 Å². The molecular formula is C26H37N5O4. The van der Waals surface area contributed by atoms with Crippen LogP contribution in [-0.4, -0.2) is 56.7 Å². The Labute approximate surface area is 206 Å². The Hall–Kier alpha value is -2.78. The third-order valence-electron chi connectivity index (χ3n) is 7.79. The molecule has 9 heteroatoms. The topological polar surface area (TPSA) is 135 Å². The molecule has 2 fully saturated rings. The number of hydrogen-bond donors (Lipinski definition) is 3. The van der Waals surface area contributed by atoms with E-state index in [2.05, 4.69) is 20.4 Å². The molecule has 2 amide bonds. The lowest BCUT2D eigenvalue weighted by atomic mass is 9.69. The Morgan fingerprint density at radius 1 is 1.31 bits per heavy atom. The normalized spacial score (nSPS) is 24.5. The van der Waals surface area contributed by atoms with Crippen molar-refractivity contribution >= 4 is 11.8 Å². The van der Waals surface area contributed by atoms with E-state index in [4.69, 9.17) is 10.3 Å². The SMILES string of the molecule is CCc1cc(C(C)(C)NC(=O)CC2(c3conc3C(N)=O)CN(C3CCC(C)(O)CC3)C2)ccn1. The molecular weight excluding hydrogens is 446 g/mol. The van der Waals surface area contributed by atoms with E-state index in [1.54, 1.807) is 6.20 Å². The first-order chi connectivity index (χ1) is 16.4. The van der Waals surface area contributed by atoms with E-state index in [0.29, 0.717) is 24.7 Å². The maximum atomic E-state index is 13.4. The van der Waals surface area contributed by atoms with Gasteiger partial charge in [0.15, 0.2) is 5.69 Å². The summed E-state index contributed by atoms with van der Waals surface area (Å²) in [5, 5.41) is 17.3. The van der Waals surface area contributed by atoms with Gasteiger partial charge in [0.05, 0.1) is 11.1 Å². The standard InChI is InChI=1S/C26H37N5O4/c1-5-18-12-17(8-11-28-18)24(2,3)29-21(32)13-26(20-14-35-30-22(20)23(27)33)15-31(16-26)19-6-9-25(4,34)10-7-19/h8,11-12,14,19,34H,5-7,9-10,13,15-16H2,1-4H3,(H2,27,33)(H,29,32). The molecule has 0 radical (unpaired) electrons. The number of likely N-dealkylation sites (tertiary alicyclic amines) is 1. The summed E-state index contributed by atoms with van der Waals surface area (Å²) >= 11 is 0. The van der Waals surface area contributed by atoms with Gasteiger partial charge in [0, 0.05) is 48.4 Å². The van der Waals surface area contributed by atoms with Crippen LogP contribution in [0.4, 0.5) is 0 Å². The van der Waals surface area contributed by atoms with Crippen molar-refractivity contribution in [3.8, 4) is 0 Å². The van der Waals surface area contributed by atoms with Crippen molar-refractivity contribution in [1.82, 2.24) is 20.4 Å². The number of carbonyl (C=O) groups excluding carboxylic acids is 2. The second-order valence-corrected chi connectivity index (χ2v) is 11.1. The number of aliphatic hydroxyl groups is 1. The predicted molar refractivity (Wildman–Crippen MR) is 131 cm³/mol. The Bertz CT molecular complexity index is 1080. The van der Waals surface area contributed by atoms with E-state index in [0.717, 1.165) is 43.4 Å². The van der Waals surface area contributed by atoms with Crippen molar-refractivity contribution in [2.45, 2.75) is 88.8 Å². The van der Waals surface area contributed by atoms with Crippen molar-refractivity contribution in [3.63, 3.8) is 0 Å². The van der Waals surface area contributed by atoms with Gasteiger partial charge in [0.2, 0.25) is 5.91 Å². The number of nitrogens with zero attached hydrogens (tertiary/aromatic N) is 3. The molecule has 4 N–H and O–H groups in total. The molecule has 1 aliphatic heterocycles. The van der Waals surface area contributed by atoms with Gasteiger partial charge in [0.25, 0.3) is 5.91 Å². The van der Waals surface area contributed by atoms with Crippen molar-refractivity contribution < 1.29 is 19.2 Å². The van der Waals surface area contributed by atoms with E-state index in [1.165, 1.54) is 6.26 Å². The lowest BCUT2D eigenvalue weighted by Gasteiger charge is -2.54. The minimum absolute atomic E-state index is 0.0880. The highest BCUT2D eigenvalue weighted by Gasteiger charge is 2.51. The Morgan fingerprint density at radius 3 is 2.63 bits per heavy atom. The van der Waals surface area contributed by atoms with Gasteiger partial charge >= 0.3 is 0 Å². The highest BCUT2D eigenvalue weighted by atomic mass is 16.5. The van der Waals surface area contributed by atoms with Crippen LogP contribution in [-0.2, 0) is 22.2 Å². The van der Waals surface area contributed by atoms with E-state index in [1.807, 2.05) is 39.8 Å². The lowest BCUT2D eigenvalue weighted by molar-refractivity contribution is -0.127. The number of amides is 2. The fraction of sp³-hybridized carbons (Fsp3) is 0.615. The van der Waals surface area contributed by atoms with Gasteiger partial charge in [-0.15, -0.1) is 0 Å². The van der Waals surface area contributed by atoms with Crippen LogP contribution in [0.3, 0.4) is 0 Å². The van der Waals surface area contributed by atoms with Crippen molar-refractivity contribution in [3.05, 3.63) is 47.1 Å². The smallest absolute Gasteiger partial charge is 0.271 e. The number of nitrogens with two attached hydrogens (primary N) is 1. The van der Waals surface area contributed by atoms with Crippen molar-refractivity contribution in [2.75, 3.05) is 13.1 Å². The van der Waals surface area contributed by atoms with Gasteiger partial charge in [-0.1, -0.05) is 12.1 Å². The third-order valence-corrected chi connectivity index (χ3v) is 7.79. The summed E-state index contributed by atoms with van der Waals surface area (Å²) in [5.41, 5.74) is 6.39. The molecule has 0 aromatic carbocycles. The number of carbonyl (C=O) groups is 2. The minimum Gasteiger partial charge on any atom is -0.390 e. The van der Waals surface area contributed by atoms with Gasteiger partial charge in [-0.25, -0.2) is 0 Å². The van der Waals surface area contributed by atoms with Gasteiger partial charge < -0.3 is 20.7 Å². The number of primary amides is 1. The molecule has 9 nitrogen and oxygen atoms in total. The average molecular weight is 484 g/mol. The Kier molecular flexibility index (Phi) is 6.76. The van der Waals surface area contributed by atoms with Gasteiger partial charge in [-0.3, -0.25) is 19.5 Å². The second kappa shape index (κ2) is 9.35. The second-order valence-electron chi connectivity index (χ2n) is 11.1. The average Bonchev–Trinajstić information content (AvgIpc) is 3.27. The molecule has 0 atom stereocenters. The van der Waals surface area contributed by atoms with Gasteiger partial charge in [0.1, 0.15) is 6.26 Å². The molecule has 2 aliphatic rings. The molecule has 0 bridgehead atoms. The minimum atomic E-state index is -0.662. The van der Waals surface area contributed by atoms with Crippen LogP contribution in [0.1, 0.15) is 87.1 Å². The summed E-state index contributed by atoms with van der Waals surface area (Å²) in [7, 11) is 0. The summed E-state index contributed by atoms with van der Waals surface area (Å²) in [5.74, 6) is -0.780. The highest BCUT2D eigenvalue weighted by molar-refractivity contribution is 5.93. The quantitative estimate of drug-likeness (QED) is 0.525. The fourth-order valence-electron chi connectivity index (χ4n) is 5.58. The predicted octanol–water partition coefficient (Wildman–Crippen LogP) is 2.42. The molecule has 1 saturated heterocycles. The van der Waals surface area contributed by atoms with E-state index in [-0.39, 0.29) is 18.0 Å². The molecule has 190 valence electrons. The summed E-state index contributed by atoms with van der Waals surface area (Å²) in [6.07, 6.45) is 7.53. The molecule has 0 unspecified atom stereocenters. The summed E-state index contributed by atoms with van der Waals surface area (Å²) in [4.78, 5) is 32.1. The van der Waals surface area contributed by atoms with Crippen LogP contribution < -0.4 is 11.1 Å². The molecule has 1 aliphatic carbocycles. The molecule has 2 aromatic heterocycles. The molecule has 0 spiro atoms. The summed E-state index contributed by atoms with van der Waals surface area (Å²) in [6, 6.07) is 4.28. The monoisotopic (exact) mass is 483 g/mol. The maximum absolute atomic E-state index is 13.4. The molecule has 2 aromatic rings. The molecule has 35 heavy (non-hydrogen) atoms. The first-order valence-corrected chi connectivity index (χ1v) is 12.4. The number of pyridine rings is 1. The van der Waals surface area contributed by atoms with Crippen LogP contribution in [0.2, 0.25) is 0 Å². The molecule has 1 saturated carbocycles. The summed E-state index contributed by atoms with van der Waals surface area (Å²) in [6.45, 7) is 9.09. The van der Waals surface area contributed by atoms with Gasteiger partial charge in [-0.05, 0) is 70.6 Å². The zero-order chi connectivity index (χ0) is 25.4. The van der Waals surface area contributed by atoms with Crippen LogP contribution in [0.15, 0.2) is 29.1 Å². The zero-order valence-corrected chi connectivity index (χ0v) is 21.1. The van der Waals surface area contributed by atoms with Crippen molar-refractivity contribution in [2.24, 2.45) is 5.73 Å². The number of nitrogens with one attached hydrogen (secondary N) is 1. The first kappa shape index (κ1) is 25.3. The van der Waals surface area contributed by atoms with E-state index in [9.17, 15) is 14.7 Å². The number of rotatable bonds is 8. The largest absolute Gasteiger partial charge is 0.390 e. The summed E-state index contributed by atoms with van der Waals surface area (Å²) < 4.78 is 5.13. The van der Waals surface area contributed by atoms with E-state index >= 15 is 0 Å². The number of hydrogen-bond acceptors (Lipinski definition) is 7.